The molecule has 0 bridgehead atoms. The number of nitrogens with zero attached hydrogens (tertiary/aromatic N) is 1. The Morgan fingerprint density at radius 1 is 1.75 bits per heavy atom. The summed E-state index contributed by atoms with van der Waals surface area (Å²) in [5.74, 6) is -0.274. The van der Waals surface area contributed by atoms with Gasteiger partial charge >= 0.3 is 0 Å². The molecule has 0 amide bonds. The zero-order valence-electron chi connectivity index (χ0n) is 6.90. The van der Waals surface area contributed by atoms with Gasteiger partial charge in [0.1, 0.15) is 6.10 Å². The summed E-state index contributed by atoms with van der Waals surface area (Å²) in [4.78, 5) is 0.878. The molecule has 1 N–H and O–H groups in total. The van der Waals surface area contributed by atoms with Crippen LogP contribution in [0.15, 0.2) is 17.5 Å². The third kappa shape index (κ3) is 1.84. The lowest BCUT2D eigenvalue weighted by Crippen LogP contribution is -2.07. The first-order valence-corrected chi connectivity index (χ1v) is 4.78. The molecule has 3 heteroatoms. The molecule has 0 unspecified atom stereocenters. The van der Waals surface area contributed by atoms with Gasteiger partial charge in [0.2, 0.25) is 0 Å². The minimum atomic E-state index is -0.611. The minimum absolute atomic E-state index is 0.274. The van der Waals surface area contributed by atoms with Crippen LogP contribution in [0.25, 0.3) is 0 Å². The smallest absolute Gasteiger partial charge is 0.104 e. The second-order valence-electron chi connectivity index (χ2n) is 2.60. The molecule has 1 rings (SSSR count). The molecule has 2 nitrogen and oxygen atoms in total. The Morgan fingerprint density at radius 3 is 2.92 bits per heavy atom. The van der Waals surface area contributed by atoms with Gasteiger partial charge in [0.25, 0.3) is 0 Å². The molecule has 1 aromatic rings. The predicted molar refractivity (Wildman–Crippen MR) is 48.7 cm³/mol. The molecule has 12 heavy (non-hydrogen) atoms. The number of aliphatic hydroxyl groups excluding tert-OH is 1. The van der Waals surface area contributed by atoms with Crippen LogP contribution in [0.1, 0.15) is 24.3 Å². The number of hydrogen-bond donors (Lipinski definition) is 1. The van der Waals surface area contributed by atoms with E-state index in [0.717, 1.165) is 4.88 Å². The van der Waals surface area contributed by atoms with Crippen LogP contribution < -0.4 is 0 Å². The molecule has 0 fully saturated rings. The zero-order chi connectivity index (χ0) is 8.97. The third-order valence-corrected chi connectivity index (χ3v) is 2.76. The first-order valence-electron chi connectivity index (χ1n) is 3.90. The second-order valence-corrected chi connectivity index (χ2v) is 3.58. The quantitative estimate of drug-likeness (QED) is 0.777. The topological polar surface area (TPSA) is 44.0 Å². The van der Waals surface area contributed by atoms with Crippen molar-refractivity contribution < 1.29 is 5.11 Å². The number of hydrogen-bond acceptors (Lipinski definition) is 3. The van der Waals surface area contributed by atoms with E-state index < -0.39 is 6.10 Å². The summed E-state index contributed by atoms with van der Waals surface area (Å²) >= 11 is 1.49. The van der Waals surface area contributed by atoms with E-state index in [4.69, 9.17) is 5.26 Å². The second kappa shape index (κ2) is 4.24. The van der Waals surface area contributed by atoms with Gasteiger partial charge < -0.3 is 5.11 Å². The summed E-state index contributed by atoms with van der Waals surface area (Å²) in [6, 6.07) is 5.84. The molecule has 2 atom stereocenters. The molecule has 0 radical (unpaired) electrons. The minimum Gasteiger partial charge on any atom is -0.386 e. The first kappa shape index (κ1) is 9.24. The van der Waals surface area contributed by atoms with Gasteiger partial charge in [-0.25, -0.2) is 0 Å². The highest BCUT2D eigenvalue weighted by atomic mass is 32.1. The molecular formula is C9H11NOS. The molecule has 0 spiro atoms. The summed E-state index contributed by atoms with van der Waals surface area (Å²) < 4.78 is 0. The van der Waals surface area contributed by atoms with Crippen molar-refractivity contribution in [1.29, 1.82) is 5.26 Å². The average Bonchev–Trinajstić information content (AvgIpc) is 2.58. The van der Waals surface area contributed by atoms with Crippen molar-refractivity contribution in [2.45, 2.75) is 19.4 Å². The number of thiophene rings is 1. The van der Waals surface area contributed by atoms with Crippen molar-refractivity contribution in [2.24, 2.45) is 5.92 Å². The van der Waals surface area contributed by atoms with Gasteiger partial charge in [-0.15, -0.1) is 11.3 Å². The Labute approximate surface area is 76.1 Å². The molecule has 0 aromatic carbocycles. The molecule has 0 aliphatic carbocycles. The normalized spacial score (nSPS) is 15.1. The van der Waals surface area contributed by atoms with Gasteiger partial charge in [-0.1, -0.05) is 13.0 Å². The first-order chi connectivity index (χ1) is 5.79. The van der Waals surface area contributed by atoms with Crippen LogP contribution in [-0.2, 0) is 0 Å². The summed E-state index contributed by atoms with van der Waals surface area (Å²) in [6.45, 7) is 1.91. The highest BCUT2D eigenvalue weighted by Crippen LogP contribution is 2.27. The highest BCUT2D eigenvalue weighted by Gasteiger charge is 2.18. The maximum atomic E-state index is 9.66. The molecule has 0 aliphatic rings. The largest absolute Gasteiger partial charge is 0.386 e. The number of aliphatic hydroxyl groups is 1. The van der Waals surface area contributed by atoms with Crippen molar-refractivity contribution in [3.8, 4) is 6.07 Å². The van der Waals surface area contributed by atoms with Gasteiger partial charge in [0.05, 0.1) is 12.0 Å². The van der Waals surface area contributed by atoms with Crippen LogP contribution in [0.2, 0.25) is 0 Å². The van der Waals surface area contributed by atoms with Crippen LogP contribution in [0, 0.1) is 17.2 Å². The van der Waals surface area contributed by atoms with Crippen molar-refractivity contribution in [3.05, 3.63) is 22.4 Å². The third-order valence-electron chi connectivity index (χ3n) is 1.82. The number of nitriles is 1. The van der Waals surface area contributed by atoms with Gasteiger partial charge in [0.15, 0.2) is 0 Å². The fraction of sp³-hybridized carbons (Fsp3) is 0.444. The highest BCUT2D eigenvalue weighted by molar-refractivity contribution is 7.10. The average molecular weight is 181 g/mol. The van der Waals surface area contributed by atoms with E-state index in [0.29, 0.717) is 6.42 Å². The number of rotatable bonds is 3. The molecule has 1 heterocycles. The Morgan fingerprint density at radius 2 is 2.50 bits per heavy atom. The van der Waals surface area contributed by atoms with Gasteiger partial charge in [-0.05, 0) is 17.9 Å². The summed E-state index contributed by atoms with van der Waals surface area (Å²) in [5, 5.41) is 20.3. The van der Waals surface area contributed by atoms with Crippen molar-refractivity contribution >= 4 is 11.3 Å². The zero-order valence-corrected chi connectivity index (χ0v) is 7.71. The Bertz CT molecular complexity index is 263. The predicted octanol–water partition coefficient (Wildman–Crippen LogP) is 2.33. The molecule has 0 saturated carbocycles. The van der Waals surface area contributed by atoms with Gasteiger partial charge in [0, 0.05) is 4.88 Å². The van der Waals surface area contributed by atoms with Crippen molar-refractivity contribution in [2.75, 3.05) is 0 Å². The maximum absolute atomic E-state index is 9.66. The lowest BCUT2D eigenvalue weighted by Gasteiger charge is -2.12. The molecular weight excluding hydrogens is 170 g/mol. The molecule has 64 valence electrons. The molecule has 0 saturated heterocycles. The van der Waals surface area contributed by atoms with E-state index in [-0.39, 0.29) is 5.92 Å². The van der Waals surface area contributed by atoms with E-state index >= 15 is 0 Å². The van der Waals surface area contributed by atoms with Crippen molar-refractivity contribution in [3.63, 3.8) is 0 Å². The summed E-state index contributed by atoms with van der Waals surface area (Å²) in [6.07, 6.45) is 0.0789. The fourth-order valence-electron chi connectivity index (χ4n) is 1.04. The van der Waals surface area contributed by atoms with Crippen LogP contribution in [0.5, 0.6) is 0 Å². The lowest BCUT2D eigenvalue weighted by molar-refractivity contribution is 0.136. The van der Waals surface area contributed by atoms with E-state index in [2.05, 4.69) is 6.07 Å². The van der Waals surface area contributed by atoms with Crippen LogP contribution in [0.3, 0.4) is 0 Å². The summed E-state index contributed by atoms with van der Waals surface area (Å²) in [5.41, 5.74) is 0. The Hall–Kier alpha value is -0.850. The van der Waals surface area contributed by atoms with Crippen LogP contribution in [0.4, 0.5) is 0 Å². The van der Waals surface area contributed by atoms with Crippen molar-refractivity contribution in [1.82, 2.24) is 0 Å². The standard InChI is InChI=1S/C9H11NOS/c1-2-7(6-10)9(11)8-4-3-5-12-8/h3-5,7,9,11H,2H2,1H3/t7-,9-/m1/s1. The SMILES string of the molecule is CC[C@H](C#N)[C@@H](O)c1cccs1. The molecule has 0 aliphatic heterocycles. The van der Waals surface area contributed by atoms with Crippen LogP contribution >= 0.6 is 11.3 Å². The lowest BCUT2D eigenvalue weighted by atomic mass is 10.0. The molecule has 1 aromatic heterocycles. The van der Waals surface area contributed by atoms with E-state index in [1.165, 1.54) is 11.3 Å². The van der Waals surface area contributed by atoms with Crippen LogP contribution in [-0.4, -0.2) is 5.11 Å². The fourth-order valence-corrected chi connectivity index (χ4v) is 1.82. The summed E-state index contributed by atoms with van der Waals surface area (Å²) in [7, 11) is 0. The van der Waals surface area contributed by atoms with E-state index in [9.17, 15) is 5.11 Å². The van der Waals surface area contributed by atoms with Gasteiger partial charge in [-0.3, -0.25) is 0 Å². The monoisotopic (exact) mass is 181 g/mol. The van der Waals surface area contributed by atoms with E-state index in [1.807, 2.05) is 24.4 Å². The van der Waals surface area contributed by atoms with Gasteiger partial charge in [-0.2, -0.15) is 5.26 Å². The Kier molecular flexibility index (Phi) is 3.27. The maximum Gasteiger partial charge on any atom is 0.104 e. The van der Waals surface area contributed by atoms with E-state index in [1.54, 1.807) is 0 Å². The Balaban J connectivity index is 2.71.